The Kier molecular flexibility index (Phi) is 2.31. The molecule has 1 atom stereocenters. The summed E-state index contributed by atoms with van der Waals surface area (Å²) in [5.41, 5.74) is 4.66. The number of nitrogens with two attached hydrogens (primary N) is 1. The Labute approximate surface area is 90.9 Å². The maximum Gasteiger partial charge on any atom is 0.201 e. The Balaban J connectivity index is 2.71. The predicted molar refractivity (Wildman–Crippen MR) is 56.3 cm³/mol. The third kappa shape index (κ3) is 1.33. The Bertz CT molecular complexity index is 538. The van der Waals surface area contributed by atoms with E-state index in [1.54, 1.807) is 6.92 Å². The van der Waals surface area contributed by atoms with Gasteiger partial charge < -0.3 is 10.8 Å². The minimum Gasteiger partial charge on any atom is -0.382 e. The van der Waals surface area contributed by atoms with Crippen molar-refractivity contribution in [3.63, 3.8) is 0 Å². The SMILES string of the molecule is CCC(O)(C=O)n1cnc2c(N)ncnc21. The first kappa shape index (κ1) is 10.5. The summed E-state index contributed by atoms with van der Waals surface area (Å²) in [4.78, 5) is 22.6. The second-order valence-corrected chi connectivity index (χ2v) is 3.40. The van der Waals surface area contributed by atoms with E-state index in [1.165, 1.54) is 17.2 Å². The number of nitrogen functional groups attached to an aromatic ring is 1. The van der Waals surface area contributed by atoms with E-state index >= 15 is 0 Å². The molecule has 0 aliphatic heterocycles. The molecule has 2 heterocycles. The molecule has 3 N–H and O–H groups in total. The standard InChI is InChI=1S/C9H11N5O2/c1-2-9(16,3-15)14-5-13-6-7(10)11-4-12-8(6)14/h3-5,16H,2H2,1H3,(H2,10,11,12). The van der Waals surface area contributed by atoms with Crippen molar-refractivity contribution in [3.8, 4) is 0 Å². The maximum atomic E-state index is 10.9. The summed E-state index contributed by atoms with van der Waals surface area (Å²) >= 11 is 0. The second kappa shape index (κ2) is 3.53. The lowest BCUT2D eigenvalue weighted by Crippen LogP contribution is -2.33. The van der Waals surface area contributed by atoms with Crippen molar-refractivity contribution in [2.75, 3.05) is 5.73 Å². The average molecular weight is 221 g/mol. The van der Waals surface area contributed by atoms with Crippen molar-refractivity contribution in [2.24, 2.45) is 0 Å². The molecule has 0 fully saturated rings. The molecule has 84 valence electrons. The zero-order valence-corrected chi connectivity index (χ0v) is 8.66. The van der Waals surface area contributed by atoms with Crippen molar-refractivity contribution in [3.05, 3.63) is 12.7 Å². The first-order valence-electron chi connectivity index (χ1n) is 4.75. The average Bonchev–Trinajstić information content (AvgIpc) is 2.74. The summed E-state index contributed by atoms with van der Waals surface area (Å²) in [7, 11) is 0. The molecule has 1 unspecified atom stereocenters. The van der Waals surface area contributed by atoms with Crippen LogP contribution in [0.1, 0.15) is 13.3 Å². The summed E-state index contributed by atoms with van der Waals surface area (Å²) < 4.78 is 1.29. The molecule has 2 aromatic rings. The van der Waals surface area contributed by atoms with E-state index < -0.39 is 5.72 Å². The van der Waals surface area contributed by atoms with E-state index in [0.29, 0.717) is 17.5 Å². The molecule has 7 heteroatoms. The normalized spacial score (nSPS) is 14.9. The van der Waals surface area contributed by atoms with Crippen LogP contribution in [0.15, 0.2) is 12.7 Å². The van der Waals surface area contributed by atoms with E-state index in [9.17, 15) is 9.90 Å². The Morgan fingerprint density at radius 3 is 2.94 bits per heavy atom. The Morgan fingerprint density at radius 1 is 1.56 bits per heavy atom. The van der Waals surface area contributed by atoms with Crippen LogP contribution in [0.25, 0.3) is 11.2 Å². The second-order valence-electron chi connectivity index (χ2n) is 3.40. The van der Waals surface area contributed by atoms with Crippen molar-refractivity contribution in [1.82, 2.24) is 19.5 Å². The molecule has 0 aliphatic rings. The van der Waals surface area contributed by atoms with Gasteiger partial charge in [-0.25, -0.2) is 15.0 Å². The number of aromatic nitrogens is 4. The number of fused-ring (bicyclic) bond motifs is 1. The topological polar surface area (TPSA) is 107 Å². The predicted octanol–water partition coefficient (Wildman–Crippen LogP) is -0.338. The fraction of sp³-hybridized carbons (Fsp3) is 0.333. The van der Waals surface area contributed by atoms with Crippen LogP contribution in [0.2, 0.25) is 0 Å². The lowest BCUT2D eigenvalue weighted by molar-refractivity contribution is -0.134. The summed E-state index contributed by atoms with van der Waals surface area (Å²) in [5, 5.41) is 10.0. The Hall–Kier alpha value is -2.02. The molecule has 16 heavy (non-hydrogen) atoms. The number of aliphatic hydroxyl groups is 1. The molecule has 0 aromatic carbocycles. The number of carbonyl (C=O) groups excluding carboxylic acids is 1. The number of aldehydes is 1. The molecule has 0 bridgehead atoms. The molecule has 0 aliphatic carbocycles. The molecule has 0 amide bonds. The fourth-order valence-electron chi connectivity index (χ4n) is 1.45. The van der Waals surface area contributed by atoms with Gasteiger partial charge in [0.15, 0.2) is 17.8 Å². The number of carbonyl (C=O) groups is 1. The van der Waals surface area contributed by atoms with Gasteiger partial charge in [0, 0.05) is 0 Å². The summed E-state index contributed by atoms with van der Waals surface area (Å²) in [6.07, 6.45) is 3.25. The number of hydrogen-bond acceptors (Lipinski definition) is 6. The Morgan fingerprint density at radius 2 is 2.31 bits per heavy atom. The molecule has 0 radical (unpaired) electrons. The van der Waals surface area contributed by atoms with Crippen LogP contribution in [0.4, 0.5) is 5.82 Å². The van der Waals surface area contributed by atoms with Gasteiger partial charge in [0.05, 0.1) is 6.33 Å². The summed E-state index contributed by atoms with van der Waals surface area (Å²) in [6.45, 7) is 1.69. The van der Waals surface area contributed by atoms with Gasteiger partial charge >= 0.3 is 0 Å². The van der Waals surface area contributed by atoms with Crippen molar-refractivity contribution in [1.29, 1.82) is 0 Å². The fourth-order valence-corrected chi connectivity index (χ4v) is 1.45. The molecule has 2 aromatic heterocycles. The van der Waals surface area contributed by atoms with E-state index in [4.69, 9.17) is 5.73 Å². The van der Waals surface area contributed by atoms with Gasteiger partial charge in [-0.3, -0.25) is 9.36 Å². The lowest BCUT2D eigenvalue weighted by atomic mass is 10.2. The van der Waals surface area contributed by atoms with Crippen LogP contribution in [0.5, 0.6) is 0 Å². The highest BCUT2D eigenvalue weighted by Crippen LogP contribution is 2.22. The van der Waals surface area contributed by atoms with Gasteiger partial charge in [-0.2, -0.15) is 0 Å². The largest absolute Gasteiger partial charge is 0.382 e. The first-order valence-corrected chi connectivity index (χ1v) is 4.75. The van der Waals surface area contributed by atoms with Gasteiger partial charge in [0.1, 0.15) is 11.8 Å². The molecule has 0 saturated carbocycles. The molecule has 7 nitrogen and oxygen atoms in total. The third-order valence-electron chi connectivity index (χ3n) is 2.49. The van der Waals surface area contributed by atoms with Crippen LogP contribution in [-0.4, -0.2) is 30.9 Å². The van der Waals surface area contributed by atoms with Crippen LogP contribution in [0, 0.1) is 0 Å². The number of imidazole rings is 1. The van der Waals surface area contributed by atoms with E-state index in [0.717, 1.165) is 0 Å². The van der Waals surface area contributed by atoms with E-state index in [-0.39, 0.29) is 12.2 Å². The minimum atomic E-state index is -1.64. The third-order valence-corrected chi connectivity index (χ3v) is 2.49. The van der Waals surface area contributed by atoms with Gasteiger partial charge in [-0.1, -0.05) is 6.92 Å². The van der Waals surface area contributed by atoms with E-state index in [2.05, 4.69) is 15.0 Å². The number of hydrogen-bond donors (Lipinski definition) is 2. The van der Waals surface area contributed by atoms with Gasteiger partial charge in [0.25, 0.3) is 0 Å². The zero-order chi connectivity index (χ0) is 11.8. The van der Waals surface area contributed by atoms with Crippen molar-refractivity contribution in [2.45, 2.75) is 19.1 Å². The number of anilines is 1. The highest BCUT2D eigenvalue weighted by atomic mass is 16.3. The van der Waals surface area contributed by atoms with Gasteiger partial charge in [0.2, 0.25) is 5.72 Å². The smallest absolute Gasteiger partial charge is 0.201 e. The zero-order valence-electron chi connectivity index (χ0n) is 8.66. The first-order chi connectivity index (χ1) is 7.62. The highest BCUT2D eigenvalue weighted by molar-refractivity contribution is 5.82. The monoisotopic (exact) mass is 221 g/mol. The van der Waals surface area contributed by atoms with Crippen molar-refractivity contribution < 1.29 is 9.90 Å². The summed E-state index contributed by atoms with van der Waals surface area (Å²) in [5.74, 6) is 0.216. The van der Waals surface area contributed by atoms with Crippen LogP contribution in [0.3, 0.4) is 0 Å². The minimum absolute atomic E-state index is 0.214. The van der Waals surface area contributed by atoms with Gasteiger partial charge in [-0.15, -0.1) is 0 Å². The molecule has 2 rings (SSSR count). The lowest BCUT2D eigenvalue weighted by Gasteiger charge is -2.21. The molecule has 0 spiro atoms. The highest BCUT2D eigenvalue weighted by Gasteiger charge is 2.28. The molecule has 0 saturated heterocycles. The van der Waals surface area contributed by atoms with Gasteiger partial charge in [-0.05, 0) is 6.42 Å². The maximum absolute atomic E-state index is 10.9. The van der Waals surface area contributed by atoms with Crippen LogP contribution in [-0.2, 0) is 10.5 Å². The van der Waals surface area contributed by atoms with Crippen LogP contribution >= 0.6 is 0 Å². The quantitative estimate of drug-likeness (QED) is 0.687. The summed E-state index contributed by atoms with van der Waals surface area (Å²) in [6, 6.07) is 0. The number of nitrogens with zero attached hydrogens (tertiary/aromatic N) is 4. The van der Waals surface area contributed by atoms with Crippen LogP contribution < -0.4 is 5.73 Å². The molecular weight excluding hydrogens is 210 g/mol. The van der Waals surface area contributed by atoms with Crippen molar-refractivity contribution >= 4 is 23.3 Å². The van der Waals surface area contributed by atoms with E-state index in [1.807, 2.05) is 0 Å². The number of rotatable bonds is 3. The molecular formula is C9H11N5O2.